The molecule has 0 aliphatic rings. The molecule has 0 nitrogen and oxygen atoms in total. The van der Waals surface area contributed by atoms with Crippen LogP contribution in [0.2, 0.25) is 0 Å². The van der Waals surface area contributed by atoms with Gasteiger partial charge in [-0.2, -0.15) is 0 Å². The lowest BCUT2D eigenvalue weighted by Crippen LogP contribution is -2.27. The van der Waals surface area contributed by atoms with Gasteiger partial charge in [-0.15, -0.1) is 0 Å². The van der Waals surface area contributed by atoms with Gasteiger partial charge in [-0.3, -0.25) is 0 Å². The number of hydrogen-bond donors (Lipinski definition) is 0. The van der Waals surface area contributed by atoms with Crippen molar-refractivity contribution in [3.63, 3.8) is 0 Å². The van der Waals surface area contributed by atoms with E-state index in [4.69, 9.17) is 0 Å². The molecule has 0 fully saturated rings. The second-order valence-electron chi connectivity index (χ2n) is 14.1. The molecule has 0 aliphatic carbocycles. The maximum Gasteiger partial charge on any atom is -0.0290 e. The highest BCUT2D eigenvalue weighted by Crippen LogP contribution is 2.44. The van der Waals surface area contributed by atoms with Crippen LogP contribution in [0.4, 0.5) is 0 Å². The molecule has 0 amide bonds. The van der Waals surface area contributed by atoms with E-state index in [1.54, 1.807) is 0 Å². The van der Waals surface area contributed by atoms with Crippen molar-refractivity contribution >= 4 is 0 Å². The van der Waals surface area contributed by atoms with Crippen LogP contribution in [0.5, 0.6) is 0 Å². The minimum atomic E-state index is 0.616. The largest absolute Gasteiger partial charge is 0.0683 e. The van der Waals surface area contributed by atoms with E-state index in [0.29, 0.717) is 10.8 Å². The van der Waals surface area contributed by atoms with Gasteiger partial charge in [-0.25, -0.2) is 0 Å². The van der Waals surface area contributed by atoms with E-state index < -0.39 is 0 Å². The Hall–Kier alpha value is 0. The summed E-state index contributed by atoms with van der Waals surface area (Å²) in [7, 11) is 0. The van der Waals surface area contributed by atoms with Crippen molar-refractivity contribution in [1.82, 2.24) is 0 Å². The molecule has 0 aromatic carbocycles. The summed E-state index contributed by atoms with van der Waals surface area (Å²) in [5, 5.41) is 0. The predicted octanol–water partition coefficient (Wildman–Crippen LogP) is 13.9. The minimum absolute atomic E-state index is 0.616. The van der Waals surface area contributed by atoms with E-state index >= 15 is 0 Å². The van der Waals surface area contributed by atoms with Crippen LogP contribution in [-0.4, -0.2) is 0 Å². The van der Waals surface area contributed by atoms with Crippen LogP contribution < -0.4 is 0 Å². The first-order valence-electron chi connectivity index (χ1n) is 16.6. The van der Waals surface area contributed by atoms with Crippen LogP contribution in [0.15, 0.2) is 0 Å². The Bertz CT molecular complexity index is 317. The first-order chi connectivity index (χ1) is 16.6. The number of hydrogen-bond acceptors (Lipinski definition) is 0. The van der Waals surface area contributed by atoms with E-state index in [0.717, 1.165) is 35.5 Å². The molecule has 0 bridgehead atoms. The fourth-order valence-electron chi connectivity index (χ4n) is 7.37. The summed E-state index contributed by atoms with van der Waals surface area (Å²) in [5.74, 6) is 5.02. The third-order valence-electron chi connectivity index (χ3n) is 6.61. The van der Waals surface area contributed by atoms with Crippen molar-refractivity contribution in [2.45, 2.75) is 189 Å². The molecule has 0 spiro atoms. The molecule has 0 heteroatoms. The molecule has 0 rings (SSSR count). The summed E-state index contributed by atoms with van der Waals surface area (Å²) in [6, 6.07) is 0. The van der Waals surface area contributed by atoms with E-state index in [2.05, 4.69) is 96.9 Å². The molecule has 0 atom stereocenters. The van der Waals surface area contributed by atoms with Crippen LogP contribution in [0.25, 0.3) is 0 Å². The van der Waals surface area contributed by atoms with Crippen molar-refractivity contribution in [1.29, 1.82) is 0 Å². The average Bonchev–Trinajstić information content (AvgIpc) is 2.68. The molecule has 0 N–H and O–H groups in total. The van der Waals surface area contributed by atoms with Gasteiger partial charge in [0.2, 0.25) is 0 Å². The van der Waals surface area contributed by atoms with Gasteiger partial charge in [0.25, 0.3) is 0 Å². The van der Waals surface area contributed by atoms with Gasteiger partial charge in [0.1, 0.15) is 0 Å². The Labute approximate surface area is 235 Å². The highest BCUT2D eigenvalue weighted by molar-refractivity contribution is 4.83. The zero-order valence-electron chi connectivity index (χ0n) is 29.5. The van der Waals surface area contributed by atoms with Crippen LogP contribution in [0.3, 0.4) is 0 Å². The van der Waals surface area contributed by atoms with Crippen molar-refractivity contribution in [2.75, 3.05) is 0 Å². The van der Waals surface area contributed by atoms with Crippen molar-refractivity contribution in [3.05, 3.63) is 0 Å². The van der Waals surface area contributed by atoms with E-state index in [-0.39, 0.29) is 0 Å². The van der Waals surface area contributed by atoms with Gasteiger partial charge in [-0.1, -0.05) is 137 Å². The van der Waals surface area contributed by atoms with E-state index in [1.807, 2.05) is 27.7 Å². The molecule has 0 aliphatic heterocycles. The SMILES string of the molecule is CC.CC.CCCC(CC(C)C)(CC(C)C)CC(C)C.CCCC(CC(C)C)(CC(C)C)CC(C)C. The average molecular weight is 513 g/mol. The van der Waals surface area contributed by atoms with Crippen molar-refractivity contribution in [3.8, 4) is 0 Å². The molecule has 0 aromatic heterocycles. The lowest BCUT2D eigenvalue weighted by molar-refractivity contribution is 0.128. The Morgan fingerprint density at radius 2 is 0.472 bits per heavy atom. The van der Waals surface area contributed by atoms with Gasteiger partial charge in [0.05, 0.1) is 0 Å². The molecule has 0 saturated carbocycles. The lowest BCUT2D eigenvalue weighted by Gasteiger charge is -2.38. The zero-order valence-corrected chi connectivity index (χ0v) is 29.5. The predicted molar refractivity (Wildman–Crippen MR) is 174 cm³/mol. The van der Waals surface area contributed by atoms with Crippen LogP contribution >= 0.6 is 0 Å². The first-order valence-corrected chi connectivity index (χ1v) is 16.6. The van der Waals surface area contributed by atoms with Gasteiger partial charge < -0.3 is 0 Å². The maximum atomic E-state index is 2.38. The monoisotopic (exact) mass is 513 g/mol. The summed E-state index contributed by atoms with van der Waals surface area (Å²) >= 11 is 0. The standard InChI is InChI=1S/2C16H34.2C2H6/c2*1-8-9-16(10-13(2)3,11-14(4)5)12-15(6)7;2*1-2/h2*13-15H,8-12H2,1-7H3;2*1-2H3. The van der Waals surface area contributed by atoms with Gasteiger partial charge in [-0.05, 0) is 97.7 Å². The van der Waals surface area contributed by atoms with Crippen LogP contribution in [0, 0.1) is 46.3 Å². The second-order valence-corrected chi connectivity index (χ2v) is 14.1. The van der Waals surface area contributed by atoms with E-state index in [9.17, 15) is 0 Å². The van der Waals surface area contributed by atoms with Crippen molar-refractivity contribution < 1.29 is 0 Å². The normalized spacial score (nSPS) is 12.0. The third kappa shape index (κ3) is 25.6. The van der Waals surface area contributed by atoms with Crippen LogP contribution in [-0.2, 0) is 0 Å². The van der Waals surface area contributed by atoms with E-state index in [1.165, 1.54) is 64.2 Å². The number of rotatable bonds is 16. The van der Waals surface area contributed by atoms with Gasteiger partial charge in [0, 0.05) is 0 Å². The summed E-state index contributed by atoms with van der Waals surface area (Å²) in [4.78, 5) is 0. The van der Waals surface area contributed by atoms with Crippen LogP contribution in [0.1, 0.15) is 189 Å². The quantitative estimate of drug-likeness (QED) is 0.193. The Morgan fingerprint density at radius 1 is 0.333 bits per heavy atom. The molecule has 224 valence electrons. The third-order valence-corrected chi connectivity index (χ3v) is 6.61. The fourth-order valence-corrected chi connectivity index (χ4v) is 7.37. The first kappa shape index (κ1) is 43.1. The molecular weight excluding hydrogens is 432 g/mol. The highest BCUT2D eigenvalue weighted by atomic mass is 14.4. The topological polar surface area (TPSA) is 0 Å². The molecule has 0 heterocycles. The lowest BCUT2D eigenvalue weighted by atomic mass is 9.67. The smallest absolute Gasteiger partial charge is 0.0290 e. The van der Waals surface area contributed by atoms with Crippen molar-refractivity contribution in [2.24, 2.45) is 46.3 Å². The highest BCUT2D eigenvalue weighted by Gasteiger charge is 2.32. The molecular formula is C36H80. The van der Waals surface area contributed by atoms with Gasteiger partial charge in [0.15, 0.2) is 0 Å². The molecule has 0 unspecified atom stereocenters. The maximum absolute atomic E-state index is 2.38. The summed E-state index contributed by atoms with van der Waals surface area (Å²) in [6.45, 7) is 41.2. The zero-order chi connectivity index (χ0) is 29.5. The Kier molecular flexibility index (Phi) is 30.3. The summed E-state index contributed by atoms with van der Waals surface area (Å²) in [6.07, 6.45) is 14.0. The molecule has 0 saturated heterocycles. The molecule has 36 heavy (non-hydrogen) atoms. The second kappa shape index (κ2) is 25.3. The fraction of sp³-hybridized carbons (Fsp3) is 1.00. The minimum Gasteiger partial charge on any atom is -0.0683 e. The Morgan fingerprint density at radius 3 is 0.556 bits per heavy atom. The summed E-state index contributed by atoms with van der Waals surface area (Å²) in [5.41, 5.74) is 1.23. The Balaban J connectivity index is -0.000000249. The molecule has 0 aromatic rings. The van der Waals surface area contributed by atoms with Gasteiger partial charge >= 0.3 is 0 Å². The molecule has 0 radical (unpaired) electrons. The summed E-state index contributed by atoms with van der Waals surface area (Å²) < 4.78 is 0.